The molecule has 0 bridgehead atoms. The summed E-state index contributed by atoms with van der Waals surface area (Å²) in [5.41, 5.74) is 1.68. The molecule has 1 nitrogen and oxygen atoms in total. The molecule has 0 aromatic carbocycles. The van der Waals surface area contributed by atoms with Gasteiger partial charge < -0.3 is 4.74 Å². The van der Waals surface area contributed by atoms with Crippen LogP contribution in [0.1, 0.15) is 33.6 Å². The molecule has 0 aromatic rings. The van der Waals surface area contributed by atoms with Crippen molar-refractivity contribution in [2.75, 3.05) is 6.61 Å². The summed E-state index contributed by atoms with van der Waals surface area (Å²) < 4.78 is 5.80. The Balaban J connectivity index is 2.17. The summed E-state index contributed by atoms with van der Waals surface area (Å²) in [6.07, 6.45) is 4.87. The normalized spacial score (nSPS) is 39.1. The van der Waals surface area contributed by atoms with Gasteiger partial charge in [0.15, 0.2) is 0 Å². The minimum Gasteiger partial charge on any atom is -0.375 e. The Morgan fingerprint density at radius 2 is 2.25 bits per heavy atom. The molecule has 2 rings (SSSR count). The number of hydrogen-bond acceptors (Lipinski definition) is 1. The van der Waals surface area contributed by atoms with Gasteiger partial charge in [-0.05, 0) is 45.4 Å². The molecule has 0 spiro atoms. The van der Waals surface area contributed by atoms with Crippen molar-refractivity contribution in [1.82, 2.24) is 0 Å². The highest BCUT2D eigenvalue weighted by Gasteiger charge is 2.43. The van der Waals surface area contributed by atoms with E-state index >= 15 is 0 Å². The van der Waals surface area contributed by atoms with Crippen LogP contribution in [0.15, 0.2) is 11.6 Å². The fourth-order valence-corrected chi connectivity index (χ4v) is 2.62. The third-order valence-electron chi connectivity index (χ3n) is 3.44. The summed E-state index contributed by atoms with van der Waals surface area (Å²) in [6, 6.07) is 0. The highest BCUT2D eigenvalue weighted by Crippen LogP contribution is 2.43. The molecular formula is C11H18O. The van der Waals surface area contributed by atoms with Crippen LogP contribution in [0.25, 0.3) is 0 Å². The summed E-state index contributed by atoms with van der Waals surface area (Å²) in [5, 5.41) is 0. The maximum Gasteiger partial charge on any atom is 0.0661 e. The molecule has 0 saturated carbocycles. The monoisotopic (exact) mass is 166 g/mol. The zero-order valence-corrected chi connectivity index (χ0v) is 8.26. The highest BCUT2D eigenvalue weighted by atomic mass is 16.5. The van der Waals surface area contributed by atoms with E-state index in [1.165, 1.54) is 12.8 Å². The van der Waals surface area contributed by atoms with Gasteiger partial charge in [-0.1, -0.05) is 11.6 Å². The molecule has 0 aromatic heterocycles. The number of allylic oxidation sites excluding steroid dienone is 2. The van der Waals surface area contributed by atoms with Crippen molar-refractivity contribution in [3.8, 4) is 0 Å². The Morgan fingerprint density at radius 3 is 3.00 bits per heavy atom. The van der Waals surface area contributed by atoms with Gasteiger partial charge in [0.05, 0.1) is 12.2 Å². The van der Waals surface area contributed by atoms with Crippen LogP contribution >= 0.6 is 0 Å². The molecule has 2 aliphatic rings. The summed E-state index contributed by atoms with van der Waals surface area (Å²) in [5.74, 6) is 1.56. The molecule has 2 atom stereocenters. The molecule has 0 radical (unpaired) electrons. The first kappa shape index (κ1) is 8.31. The molecule has 1 heteroatoms. The highest BCUT2D eigenvalue weighted by molar-refractivity contribution is 5.10. The second-order valence-electron chi connectivity index (χ2n) is 4.77. The van der Waals surface area contributed by atoms with Crippen LogP contribution in [0.5, 0.6) is 0 Å². The summed E-state index contributed by atoms with van der Waals surface area (Å²) in [4.78, 5) is 0. The SMILES string of the molecule is CC1=CCC2C(COC2(C)C)C1. The van der Waals surface area contributed by atoms with Gasteiger partial charge in [-0.3, -0.25) is 0 Å². The van der Waals surface area contributed by atoms with Crippen LogP contribution in [-0.4, -0.2) is 12.2 Å². The smallest absolute Gasteiger partial charge is 0.0661 e. The predicted molar refractivity (Wildman–Crippen MR) is 50.0 cm³/mol. The molecule has 12 heavy (non-hydrogen) atoms. The van der Waals surface area contributed by atoms with Gasteiger partial charge in [-0.25, -0.2) is 0 Å². The number of hydrogen-bond donors (Lipinski definition) is 0. The van der Waals surface area contributed by atoms with E-state index in [0.717, 1.165) is 18.4 Å². The van der Waals surface area contributed by atoms with E-state index in [4.69, 9.17) is 4.74 Å². The average Bonchev–Trinajstić information content (AvgIpc) is 2.27. The van der Waals surface area contributed by atoms with Gasteiger partial charge in [0.25, 0.3) is 0 Å². The largest absolute Gasteiger partial charge is 0.375 e. The molecule has 1 heterocycles. The number of fused-ring (bicyclic) bond motifs is 1. The first-order valence-corrected chi connectivity index (χ1v) is 4.89. The van der Waals surface area contributed by atoms with Crippen LogP contribution in [0.2, 0.25) is 0 Å². The lowest BCUT2D eigenvalue weighted by molar-refractivity contribution is 0.0118. The second-order valence-corrected chi connectivity index (χ2v) is 4.77. The van der Waals surface area contributed by atoms with Crippen LogP contribution in [-0.2, 0) is 4.74 Å². The van der Waals surface area contributed by atoms with E-state index in [1.807, 2.05) is 0 Å². The maximum absolute atomic E-state index is 5.80. The Bertz CT molecular complexity index is 215. The summed E-state index contributed by atoms with van der Waals surface area (Å²) in [6.45, 7) is 7.67. The van der Waals surface area contributed by atoms with E-state index in [9.17, 15) is 0 Å². The van der Waals surface area contributed by atoms with E-state index in [0.29, 0.717) is 0 Å². The van der Waals surface area contributed by atoms with Gasteiger partial charge >= 0.3 is 0 Å². The van der Waals surface area contributed by atoms with Gasteiger partial charge in [0.1, 0.15) is 0 Å². The van der Waals surface area contributed by atoms with E-state index in [2.05, 4.69) is 26.8 Å². The molecule has 1 saturated heterocycles. The minimum absolute atomic E-state index is 0.127. The lowest BCUT2D eigenvalue weighted by Crippen LogP contribution is -2.31. The Hall–Kier alpha value is -0.300. The van der Waals surface area contributed by atoms with Gasteiger partial charge in [0, 0.05) is 0 Å². The van der Waals surface area contributed by atoms with Crippen LogP contribution in [0.4, 0.5) is 0 Å². The fraction of sp³-hybridized carbons (Fsp3) is 0.818. The molecule has 1 fully saturated rings. The lowest BCUT2D eigenvalue weighted by Gasteiger charge is -2.30. The predicted octanol–water partition coefficient (Wildman–Crippen LogP) is 2.77. The molecule has 0 N–H and O–H groups in total. The van der Waals surface area contributed by atoms with Crippen LogP contribution in [0.3, 0.4) is 0 Å². The first-order chi connectivity index (χ1) is 5.59. The van der Waals surface area contributed by atoms with Gasteiger partial charge in [-0.2, -0.15) is 0 Å². The van der Waals surface area contributed by atoms with E-state index in [-0.39, 0.29) is 5.60 Å². The summed E-state index contributed by atoms with van der Waals surface area (Å²) >= 11 is 0. The molecule has 2 unspecified atom stereocenters. The third kappa shape index (κ3) is 1.20. The van der Waals surface area contributed by atoms with Gasteiger partial charge in [-0.15, -0.1) is 0 Å². The lowest BCUT2D eigenvalue weighted by atomic mass is 9.75. The Labute approximate surface area is 74.8 Å². The molecular weight excluding hydrogens is 148 g/mol. The summed E-state index contributed by atoms with van der Waals surface area (Å²) in [7, 11) is 0. The van der Waals surface area contributed by atoms with Crippen molar-refractivity contribution in [3.05, 3.63) is 11.6 Å². The molecule has 1 aliphatic carbocycles. The van der Waals surface area contributed by atoms with E-state index < -0.39 is 0 Å². The van der Waals surface area contributed by atoms with Crippen molar-refractivity contribution in [2.45, 2.75) is 39.2 Å². The first-order valence-electron chi connectivity index (χ1n) is 4.89. The number of ether oxygens (including phenoxy) is 1. The van der Waals surface area contributed by atoms with Crippen molar-refractivity contribution in [1.29, 1.82) is 0 Å². The Morgan fingerprint density at radius 1 is 1.50 bits per heavy atom. The Kier molecular flexibility index (Phi) is 1.80. The quantitative estimate of drug-likeness (QED) is 0.503. The van der Waals surface area contributed by atoms with Crippen molar-refractivity contribution < 1.29 is 4.74 Å². The average molecular weight is 166 g/mol. The van der Waals surface area contributed by atoms with Crippen molar-refractivity contribution >= 4 is 0 Å². The third-order valence-corrected chi connectivity index (χ3v) is 3.44. The van der Waals surface area contributed by atoms with E-state index in [1.54, 1.807) is 5.57 Å². The van der Waals surface area contributed by atoms with Gasteiger partial charge in [0.2, 0.25) is 0 Å². The number of rotatable bonds is 0. The molecule has 1 aliphatic heterocycles. The standard InChI is InChI=1S/C11H18O/c1-8-4-5-10-9(6-8)7-12-11(10,2)3/h4,9-10H,5-7H2,1-3H3. The van der Waals surface area contributed by atoms with Crippen LogP contribution in [0, 0.1) is 11.8 Å². The second kappa shape index (κ2) is 2.59. The zero-order valence-electron chi connectivity index (χ0n) is 8.26. The zero-order chi connectivity index (χ0) is 8.77. The molecule has 68 valence electrons. The maximum atomic E-state index is 5.80. The van der Waals surface area contributed by atoms with Crippen LogP contribution < -0.4 is 0 Å². The van der Waals surface area contributed by atoms with Crippen molar-refractivity contribution in [3.63, 3.8) is 0 Å². The minimum atomic E-state index is 0.127. The van der Waals surface area contributed by atoms with Crippen molar-refractivity contribution in [2.24, 2.45) is 11.8 Å². The molecule has 0 amide bonds. The topological polar surface area (TPSA) is 9.23 Å². The fourth-order valence-electron chi connectivity index (χ4n) is 2.62.